The van der Waals surface area contributed by atoms with Crippen molar-refractivity contribution in [3.63, 3.8) is 0 Å². The first kappa shape index (κ1) is 17.8. The number of nitrogens with two attached hydrogens (primary N) is 1. The molecule has 1 heterocycles. The number of hydrogen-bond donors (Lipinski definition) is 3. The highest BCUT2D eigenvalue weighted by Gasteiger charge is 2.09. The van der Waals surface area contributed by atoms with Crippen LogP contribution in [0.2, 0.25) is 0 Å². The molecule has 0 fully saturated rings. The van der Waals surface area contributed by atoms with E-state index in [1.165, 1.54) is 0 Å². The first-order valence-electron chi connectivity index (χ1n) is 8.77. The Morgan fingerprint density at radius 1 is 1.04 bits per heavy atom. The molecule has 0 aliphatic carbocycles. The van der Waals surface area contributed by atoms with Gasteiger partial charge in [0, 0.05) is 23.1 Å². The van der Waals surface area contributed by atoms with Gasteiger partial charge in [0.25, 0.3) is 5.56 Å². The molecule has 26 heavy (non-hydrogen) atoms. The summed E-state index contributed by atoms with van der Waals surface area (Å²) in [6.07, 6.45) is 3.20. The average molecular weight is 350 g/mol. The van der Waals surface area contributed by atoms with Crippen LogP contribution in [0.25, 0.3) is 22.0 Å². The number of fused-ring (bicyclic) bond motifs is 1. The largest absolute Gasteiger partial charge is 0.330 e. The molecule has 3 rings (SSSR count). The fourth-order valence-electron chi connectivity index (χ4n) is 2.91. The van der Waals surface area contributed by atoms with Gasteiger partial charge in [0.1, 0.15) is 0 Å². The van der Waals surface area contributed by atoms with Crippen molar-refractivity contribution in [1.29, 1.82) is 0 Å². The first-order valence-corrected chi connectivity index (χ1v) is 8.77. The van der Waals surface area contributed by atoms with Gasteiger partial charge in [-0.25, -0.2) is 5.10 Å². The van der Waals surface area contributed by atoms with Crippen molar-refractivity contribution in [2.24, 2.45) is 5.73 Å². The normalized spacial score (nSPS) is 10.8. The van der Waals surface area contributed by atoms with Gasteiger partial charge in [-0.15, -0.1) is 0 Å². The molecule has 134 valence electrons. The molecule has 0 bridgehead atoms. The van der Waals surface area contributed by atoms with E-state index in [-0.39, 0.29) is 11.5 Å². The Morgan fingerprint density at radius 2 is 1.85 bits per heavy atom. The van der Waals surface area contributed by atoms with Crippen molar-refractivity contribution in [3.8, 4) is 11.3 Å². The first-order chi connectivity index (χ1) is 12.7. The summed E-state index contributed by atoms with van der Waals surface area (Å²) in [5, 5.41) is 11.0. The van der Waals surface area contributed by atoms with E-state index in [0.717, 1.165) is 30.2 Å². The summed E-state index contributed by atoms with van der Waals surface area (Å²) in [4.78, 5) is 24.0. The zero-order valence-electron chi connectivity index (χ0n) is 14.5. The van der Waals surface area contributed by atoms with Gasteiger partial charge in [0.15, 0.2) is 0 Å². The van der Waals surface area contributed by atoms with Gasteiger partial charge in [-0.05, 0) is 37.6 Å². The molecule has 6 heteroatoms. The van der Waals surface area contributed by atoms with E-state index in [1.54, 1.807) is 6.07 Å². The summed E-state index contributed by atoms with van der Waals surface area (Å²) in [5.74, 6) is -0.0153. The van der Waals surface area contributed by atoms with Gasteiger partial charge >= 0.3 is 0 Å². The number of H-pyrrole nitrogens is 1. The van der Waals surface area contributed by atoms with Crippen molar-refractivity contribution in [3.05, 3.63) is 58.9 Å². The van der Waals surface area contributed by atoms with E-state index < -0.39 is 0 Å². The Morgan fingerprint density at radius 3 is 2.65 bits per heavy atom. The van der Waals surface area contributed by atoms with Crippen LogP contribution in [0.5, 0.6) is 0 Å². The third-order valence-electron chi connectivity index (χ3n) is 4.22. The maximum Gasteiger partial charge on any atom is 0.272 e. The van der Waals surface area contributed by atoms with Crippen LogP contribution in [0.4, 0.5) is 5.69 Å². The number of carbonyl (C=O) groups is 1. The molecular formula is C20H22N4O2. The molecule has 1 aromatic heterocycles. The van der Waals surface area contributed by atoms with Crippen LogP contribution in [0.1, 0.15) is 25.7 Å². The molecule has 4 N–H and O–H groups in total. The van der Waals surface area contributed by atoms with Crippen LogP contribution >= 0.6 is 0 Å². The van der Waals surface area contributed by atoms with E-state index in [0.29, 0.717) is 29.7 Å². The van der Waals surface area contributed by atoms with Gasteiger partial charge in [-0.3, -0.25) is 9.59 Å². The third-order valence-corrected chi connectivity index (χ3v) is 4.22. The molecule has 6 nitrogen and oxygen atoms in total. The molecule has 1 amide bonds. The highest BCUT2D eigenvalue weighted by molar-refractivity contribution is 5.95. The number of nitrogens with one attached hydrogen (secondary N) is 2. The number of unbranched alkanes of at least 4 members (excludes halogenated alkanes) is 2. The van der Waals surface area contributed by atoms with Gasteiger partial charge < -0.3 is 11.1 Å². The summed E-state index contributed by atoms with van der Waals surface area (Å²) in [7, 11) is 0. The topological polar surface area (TPSA) is 101 Å². The van der Waals surface area contributed by atoms with Crippen molar-refractivity contribution < 1.29 is 4.79 Å². The number of amides is 1. The summed E-state index contributed by atoms with van der Waals surface area (Å²) in [6, 6.07) is 14.8. The van der Waals surface area contributed by atoms with Crippen LogP contribution in [-0.2, 0) is 4.79 Å². The van der Waals surface area contributed by atoms with Crippen LogP contribution in [0.3, 0.4) is 0 Å². The fraction of sp³-hybridized carbons (Fsp3) is 0.250. The predicted octanol–water partition coefficient (Wildman–Crippen LogP) is 3.05. The second kappa shape index (κ2) is 8.40. The van der Waals surface area contributed by atoms with Gasteiger partial charge in [0.2, 0.25) is 5.91 Å². The number of carbonyl (C=O) groups excluding carboxylic acids is 1. The van der Waals surface area contributed by atoms with E-state index in [2.05, 4.69) is 15.5 Å². The summed E-state index contributed by atoms with van der Waals surface area (Å²) in [5.41, 5.74) is 7.47. The quantitative estimate of drug-likeness (QED) is 0.570. The molecule has 0 aliphatic rings. The molecule has 0 aliphatic heterocycles. The monoisotopic (exact) mass is 350 g/mol. The Labute approximate surface area is 151 Å². The lowest BCUT2D eigenvalue weighted by molar-refractivity contribution is -0.116. The summed E-state index contributed by atoms with van der Waals surface area (Å²) in [6.45, 7) is 0.657. The Bertz CT molecular complexity index is 965. The van der Waals surface area contributed by atoms with Crippen molar-refractivity contribution >= 4 is 22.4 Å². The number of nitrogens with zero attached hydrogens (tertiary/aromatic N) is 1. The second-order valence-corrected chi connectivity index (χ2v) is 6.18. The molecule has 0 unspecified atom stereocenters. The highest BCUT2D eigenvalue weighted by atomic mass is 16.1. The number of rotatable bonds is 7. The molecule has 0 saturated heterocycles. The fourth-order valence-corrected chi connectivity index (χ4v) is 2.91. The zero-order valence-corrected chi connectivity index (χ0v) is 14.5. The van der Waals surface area contributed by atoms with E-state index in [4.69, 9.17) is 5.73 Å². The predicted molar refractivity (Wildman–Crippen MR) is 104 cm³/mol. The zero-order chi connectivity index (χ0) is 18.4. The lowest BCUT2D eigenvalue weighted by Gasteiger charge is -2.09. The highest BCUT2D eigenvalue weighted by Crippen LogP contribution is 2.26. The molecule has 2 aromatic carbocycles. The van der Waals surface area contributed by atoms with Gasteiger partial charge in [0.05, 0.1) is 11.1 Å². The van der Waals surface area contributed by atoms with Crippen LogP contribution in [-0.4, -0.2) is 22.6 Å². The number of anilines is 1. The van der Waals surface area contributed by atoms with Crippen molar-refractivity contribution in [1.82, 2.24) is 10.2 Å². The van der Waals surface area contributed by atoms with E-state index in [9.17, 15) is 9.59 Å². The van der Waals surface area contributed by atoms with Crippen molar-refractivity contribution in [2.75, 3.05) is 11.9 Å². The smallest absolute Gasteiger partial charge is 0.272 e. The van der Waals surface area contributed by atoms with Gasteiger partial charge in [-0.1, -0.05) is 36.8 Å². The lowest BCUT2D eigenvalue weighted by Crippen LogP contribution is -2.12. The van der Waals surface area contributed by atoms with Gasteiger partial charge in [-0.2, -0.15) is 5.10 Å². The number of benzene rings is 2. The molecule has 0 spiro atoms. The number of aromatic nitrogens is 2. The molecule has 0 atom stereocenters. The van der Waals surface area contributed by atoms with Crippen molar-refractivity contribution in [2.45, 2.75) is 25.7 Å². The Balaban J connectivity index is 1.81. The minimum atomic E-state index is -0.216. The van der Waals surface area contributed by atoms with Crippen LogP contribution in [0.15, 0.2) is 53.3 Å². The average Bonchev–Trinajstić information content (AvgIpc) is 2.66. The SMILES string of the molecule is NCCCCCC(=O)Nc1cccc(-c2n[nH]c(=O)c3ccccc23)c1. The minimum Gasteiger partial charge on any atom is -0.330 e. The van der Waals surface area contributed by atoms with Crippen LogP contribution < -0.4 is 16.6 Å². The summed E-state index contributed by atoms with van der Waals surface area (Å²) < 4.78 is 0. The summed E-state index contributed by atoms with van der Waals surface area (Å²) >= 11 is 0. The second-order valence-electron chi connectivity index (χ2n) is 6.18. The lowest BCUT2D eigenvalue weighted by atomic mass is 10.0. The molecule has 0 radical (unpaired) electrons. The molecule has 3 aromatic rings. The van der Waals surface area contributed by atoms with E-state index in [1.807, 2.05) is 42.5 Å². The Hall–Kier alpha value is -2.99. The van der Waals surface area contributed by atoms with E-state index >= 15 is 0 Å². The maximum absolute atomic E-state index is 12.1. The Kier molecular flexibility index (Phi) is 5.76. The van der Waals surface area contributed by atoms with Crippen LogP contribution in [0, 0.1) is 0 Å². The number of aromatic amines is 1. The minimum absolute atomic E-state index is 0.0153. The number of hydrogen-bond acceptors (Lipinski definition) is 4. The maximum atomic E-state index is 12.1. The molecule has 0 saturated carbocycles. The molecular weight excluding hydrogens is 328 g/mol. The standard InChI is InChI=1S/C20H22N4O2/c21-12-5-1-2-11-18(25)22-15-8-6-7-14(13-15)19-16-9-3-4-10-17(16)20(26)24-23-19/h3-4,6-10,13H,1-2,5,11-12,21H2,(H,22,25)(H,24,26). The third kappa shape index (κ3) is 4.15.